The second kappa shape index (κ2) is 7.18. The molecule has 1 heterocycles. The van der Waals surface area contributed by atoms with Crippen LogP contribution in [0.25, 0.3) is 0 Å². The van der Waals surface area contributed by atoms with Gasteiger partial charge in [-0.2, -0.15) is 0 Å². The lowest BCUT2D eigenvalue weighted by Crippen LogP contribution is -2.48. The second-order valence-electron chi connectivity index (χ2n) is 5.82. The Hall–Kier alpha value is -2.63. The molecule has 0 atom stereocenters. The minimum absolute atomic E-state index is 0.0850. The largest absolute Gasteiger partial charge is 0.398 e. The molecule has 1 fully saturated rings. The molecule has 3 rings (SSSR count). The Morgan fingerprint density at radius 3 is 2.30 bits per heavy atom. The molecule has 1 aliphatic rings. The van der Waals surface area contributed by atoms with Gasteiger partial charge in [0.15, 0.2) is 17.5 Å². The zero-order valence-electron chi connectivity index (χ0n) is 13.6. The van der Waals surface area contributed by atoms with Crippen LogP contribution in [0.3, 0.4) is 0 Å². The molecule has 0 aliphatic carbocycles. The first-order chi connectivity index (χ1) is 12.7. The van der Waals surface area contributed by atoms with Crippen molar-refractivity contribution in [3.63, 3.8) is 0 Å². The number of nitrogens with one attached hydrogen (secondary N) is 2. The van der Waals surface area contributed by atoms with Gasteiger partial charge in [0.1, 0.15) is 4.90 Å². The highest BCUT2D eigenvalue weighted by atomic mass is 32.2. The smallest absolute Gasteiger partial charge is 0.255 e. The summed E-state index contributed by atoms with van der Waals surface area (Å²) < 4.78 is 71.5. The van der Waals surface area contributed by atoms with Crippen LogP contribution in [0.2, 0.25) is 0 Å². The highest BCUT2D eigenvalue weighted by Crippen LogP contribution is 2.23. The minimum Gasteiger partial charge on any atom is -0.398 e. The van der Waals surface area contributed by atoms with E-state index in [0.717, 1.165) is 6.07 Å². The normalized spacial score (nSPS) is 14.6. The monoisotopic (exact) mass is 401 g/mol. The van der Waals surface area contributed by atoms with Crippen molar-refractivity contribution in [1.82, 2.24) is 4.72 Å². The fourth-order valence-corrected chi connectivity index (χ4v) is 3.69. The molecule has 0 spiro atoms. The summed E-state index contributed by atoms with van der Waals surface area (Å²) in [5.41, 5.74) is 5.16. The van der Waals surface area contributed by atoms with E-state index in [1.165, 1.54) is 12.1 Å². The summed E-state index contributed by atoms with van der Waals surface area (Å²) in [4.78, 5) is 12.0. The molecule has 4 N–H and O–H groups in total. The van der Waals surface area contributed by atoms with Crippen molar-refractivity contribution in [3.8, 4) is 0 Å². The van der Waals surface area contributed by atoms with Crippen LogP contribution in [-0.4, -0.2) is 33.6 Å². The summed E-state index contributed by atoms with van der Waals surface area (Å²) in [5.74, 6) is -5.47. The maximum absolute atomic E-state index is 13.2. The van der Waals surface area contributed by atoms with E-state index in [1.807, 2.05) is 0 Å². The molecule has 7 nitrogen and oxygen atoms in total. The fraction of sp³-hybridized carbons (Fsp3) is 0.188. The lowest BCUT2D eigenvalue weighted by atomic mass is 10.2. The Morgan fingerprint density at radius 1 is 1.11 bits per heavy atom. The number of halogens is 3. The number of amides is 1. The van der Waals surface area contributed by atoms with E-state index >= 15 is 0 Å². The fourth-order valence-electron chi connectivity index (χ4n) is 2.33. The van der Waals surface area contributed by atoms with Crippen LogP contribution in [0.15, 0.2) is 35.2 Å². The Labute approximate surface area is 152 Å². The van der Waals surface area contributed by atoms with Gasteiger partial charge in [-0.1, -0.05) is 0 Å². The molecule has 2 aromatic carbocycles. The summed E-state index contributed by atoms with van der Waals surface area (Å²) in [5, 5.41) is 2.17. The molecule has 0 saturated carbocycles. The Bertz CT molecular complexity index is 987. The summed E-state index contributed by atoms with van der Waals surface area (Å²) in [7, 11) is -4.00. The first-order valence-electron chi connectivity index (χ1n) is 7.63. The Morgan fingerprint density at radius 2 is 1.74 bits per heavy atom. The van der Waals surface area contributed by atoms with E-state index in [2.05, 4.69) is 10.0 Å². The highest BCUT2D eigenvalue weighted by molar-refractivity contribution is 7.89. The van der Waals surface area contributed by atoms with Gasteiger partial charge in [-0.3, -0.25) is 4.79 Å². The molecular weight excluding hydrogens is 387 g/mol. The van der Waals surface area contributed by atoms with Crippen molar-refractivity contribution in [2.75, 3.05) is 24.3 Å². The molecule has 1 amide bonds. The lowest BCUT2D eigenvalue weighted by Gasteiger charge is -2.26. The average Bonchev–Trinajstić information content (AvgIpc) is 2.56. The molecule has 1 saturated heterocycles. The van der Waals surface area contributed by atoms with Crippen LogP contribution >= 0.6 is 0 Å². The predicted octanol–water partition coefficient (Wildman–Crippen LogP) is 1.62. The molecule has 0 radical (unpaired) electrons. The van der Waals surface area contributed by atoms with Gasteiger partial charge < -0.3 is 15.8 Å². The van der Waals surface area contributed by atoms with Crippen LogP contribution in [0.4, 0.5) is 24.5 Å². The minimum atomic E-state index is -4.00. The SMILES string of the molecule is Nc1ccc(C(=O)Nc2cc(F)c(F)c(F)c2)cc1S(=O)(=O)NC1COC1. The van der Waals surface area contributed by atoms with E-state index in [9.17, 15) is 26.4 Å². The van der Waals surface area contributed by atoms with Crippen molar-refractivity contribution in [1.29, 1.82) is 0 Å². The molecule has 1 aliphatic heterocycles. The van der Waals surface area contributed by atoms with Crippen LogP contribution < -0.4 is 15.8 Å². The number of anilines is 2. The molecule has 0 bridgehead atoms. The number of nitrogens with two attached hydrogens (primary N) is 1. The number of carbonyl (C=O) groups excluding carboxylic acids is 1. The summed E-state index contributed by atoms with van der Waals surface area (Å²) in [6.45, 7) is 0.446. The number of hydrogen-bond donors (Lipinski definition) is 3. The Balaban J connectivity index is 1.85. The van der Waals surface area contributed by atoms with Crippen molar-refractivity contribution in [2.24, 2.45) is 0 Å². The standard InChI is InChI=1S/C16H14F3N3O4S/c17-11-4-9(5-12(18)15(11)19)21-16(23)8-1-2-13(20)14(3-8)27(24,25)22-10-6-26-7-10/h1-5,10,22H,6-7,20H2,(H,21,23). The van der Waals surface area contributed by atoms with Crippen LogP contribution in [-0.2, 0) is 14.8 Å². The van der Waals surface area contributed by atoms with E-state index in [1.54, 1.807) is 0 Å². The Kier molecular flexibility index (Phi) is 5.09. The van der Waals surface area contributed by atoms with Crippen LogP contribution in [0, 0.1) is 17.5 Å². The molecule has 27 heavy (non-hydrogen) atoms. The number of sulfonamides is 1. The first kappa shape index (κ1) is 19.1. The average molecular weight is 401 g/mol. The van der Waals surface area contributed by atoms with Gasteiger partial charge in [-0.25, -0.2) is 26.3 Å². The molecule has 11 heteroatoms. The van der Waals surface area contributed by atoms with Crippen molar-refractivity contribution < 1.29 is 31.1 Å². The third-order valence-electron chi connectivity index (χ3n) is 3.77. The topological polar surface area (TPSA) is 111 Å². The second-order valence-corrected chi connectivity index (χ2v) is 7.50. The number of hydrogen-bond acceptors (Lipinski definition) is 5. The van der Waals surface area contributed by atoms with Gasteiger partial charge in [0.25, 0.3) is 5.91 Å². The molecule has 0 aromatic heterocycles. The number of benzene rings is 2. The van der Waals surface area contributed by atoms with E-state index in [-0.39, 0.29) is 35.0 Å². The predicted molar refractivity (Wildman–Crippen MR) is 90.1 cm³/mol. The zero-order valence-corrected chi connectivity index (χ0v) is 14.4. The number of ether oxygens (including phenoxy) is 1. The maximum atomic E-state index is 13.2. The first-order valence-corrected chi connectivity index (χ1v) is 9.11. The van der Waals surface area contributed by atoms with Gasteiger partial charge >= 0.3 is 0 Å². The van der Waals surface area contributed by atoms with Crippen LogP contribution in [0.1, 0.15) is 10.4 Å². The molecule has 0 unspecified atom stereocenters. The quantitative estimate of drug-likeness (QED) is 0.521. The summed E-state index contributed by atoms with van der Waals surface area (Å²) in [6.07, 6.45) is 0. The van der Waals surface area contributed by atoms with Gasteiger partial charge in [0, 0.05) is 23.4 Å². The third-order valence-corrected chi connectivity index (χ3v) is 5.34. The van der Waals surface area contributed by atoms with Crippen LogP contribution in [0.5, 0.6) is 0 Å². The molecular formula is C16H14F3N3O4S. The maximum Gasteiger partial charge on any atom is 0.255 e. The summed E-state index contributed by atoms with van der Waals surface area (Å²) >= 11 is 0. The van der Waals surface area contributed by atoms with E-state index in [4.69, 9.17) is 10.5 Å². The lowest BCUT2D eigenvalue weighted by molar-refractivity contribution is 0.00482. The van der Waals surface area contributed by atoms with Gasteiger partial charge in [-0.05, 0) is 18.2 Å². The van der Waals surface area contributed by atoms with Gasteiger partial charge in [0.2, 0.25) is 10.0 Å². The van der Waals surface area contributed by atoms with Crippen molar-refractivity contribution in [3.05, 3.63) is 53.3 Å². The van der Waals surface area contributed by atoms with E-state index < -0.39 is 39.4 Å². The van der Waals surface area contributed by atoms with E-state index in [0.29, 0.717) is 12.1 Å². The summed E-state index contributed by atoms with van der Waals surface area (Å²) in [6, 6.07) is 4.30. The third kappa shape index (κ3) is 4.04. The molecule has 144 valence electrons. The molecule has 2 aromatic rings. The van der Waals surface area contributed by atoms with Crippen molar-refractivity contribution in [2.45, 2.75) is 10.9 Å². The number of rotatable bonds is 5. The number of carbonyl (C=O) groups is 1. The zero-order chi connectivity index (χ0) is 19.8. The van der Waals surface area contributed by atoms with Crippen molar-refractivity contribution >= 4 is 27.3 Å². The number of nitrogen functional groups attached to an aromatic ring is 1. The van der Waals surface area contributed by atoms with Gasteiger partial charge in [-0.15, -0.1) is 0 Å². The van der Waals surface area contributed by atoms with Gasteiger partial charge in [0.05, 0.1) is 24.9 Å². The highest BCUT2D eigenvalue weighted by Gasteiger charge is 2.27.